The van der Waals surface area contributed by atoms with Crippen LogP contribution in [0.3, 0.4) is 0 Å². The van der Waals surface area contributed by atoms with Crippen LogP contribution in [0, 0.1) is 0 Å². The Bertz CT molecular complexity index is 867. The third-order valence-corrected chi connectivity index (χ3v) is 29.8. The van der Waals surface area contributed by atoms with E-state index >= 15 is 0 Å². The molecule has 0 amide bonds. The van der Waals surface area contributed by atoms with Crippen LogP contribution in [0.15, 0.2) is 75.9 Å². The Morgan fingerprint density at radius 2 is 0.972 bits per heavy atom. The molecule has 2 saturated heterocycles. The van der Waals surface area contributed by atoms with Crippen LogP contribution < -0.4 is 0 Å². The topological polar surface area (TPSA) is 125 Å². The molecular weight excluding hydrogens is 569 g/mol. The van der Waals surface area contributed by atoms with E-state index in [-0.39, 0.29) is 36.3 Å². The van der Waals surface area contributed by atoms with Crippen molar-refractivity contribution in [2.75, 3.05) is 6.23 Å². The van der Waals surface area contributed by atoms with Crippen LogP contribution in [0.25, 0.3) is 0 Å². The summed E-state index contributed by atoms with van der Waals surface area (Å²) in [6.07, 6.45) is 8.63. The number of hydrogen-bond donors (Lipinski definition) is 3. The van der Waals surface area contributed by atoms with Gasteiger partial charge in [-0.15, -0.1) is 39.5 Å². The molecule has 2 fully saturated rings. The molecule has 0 aromatic carbocycles. The molecule has 36 heavy (non-hydrogen) atoms. The Kier molecular flexibility index (Phi) is 10.9. The molecule has 2 aliphatic rings. The second kappa shape index (κ2) is 12.5. The van der Waals surface area contributed by atoms with Gasteiger partial charge in [-0.1, -0.05) is 36.5 Å². The van der Waals surface area contributed by atoms with Gasteiger partial charge in [-0.3, -0.25) is 0 Å². The molecule has 10 nitrogen and oxygen atoms in total. The van der Waals surface area contributed by atoms with E-state index in [1.54, 1.807) is 18.7 Å². The van der Waals surface area contributed by atoms with Crippen LogP contribution in [-0.4, -0.2) is 73.3 Å². The van der Waals surface area contributed by atoms with Gasteiger partial charge >= 0.3 is 52.3 Å². The number of rotatable bonds is 13. The van der Waals surface area contributed by atoms with Gasteiger partial charge in [0.15, 0.2) is 0 Å². The van der Waals surface area contributed by atoms with Gasteiger partial charge in [0.25, 0.3) is 0 Å². The fourth-order valence-electron chi connectivity index (χ4n) is 4.08. The van der Waals surface area contributed by atoms with E-state index in [9.17, 15) is 14.7 Å². The lowest BCUT2D eigenvalue weighted by atomic mass is 10.8. The number of aliphatic hydroxyl groups is 1. The predicted octanol–water partition coefficient (Wildman–Crippen LogP) is 3.03. The van der Waals surface area contributed by atoms with E-state index in [4.69, 9.17) is 28.8 Å². The summed E-state index contributed by atoms with van der Waals surface area (Å²) in [5, 5.41) is 10.5. The first kappa shape index (κ1) is 31.6. The molecule has 2 rings (SSSR count). The Morgan fingerprint density at radius 3 is 1.42 bits per heavy atom. The van der Waals surface area contributed by atoms with Crippen molar-refractivity contribution in [3.63, 3.8) is 0 Å². The van der Waals surface area contributed by atoms with Crippen LogP contribution in [0.1, 0.15) is 0 Å². The van der Waals surface area contributed by atoms with Gasteiger partial charge < -0.3 is 43.5 Å². The average molecular weight is 607 g/mol. The summed E-state index contributed by atoms with van der Waals surface area (Å²) in [6.45, 7) is 24.4. The van der Waals surface area contributed by atoms with Crippen LogP contribution in [0.5, 0.6) is 0 Å². The number of fused-ring (bicyclic) bond motifs is 2. The Hall–Kier alpha value is -0.659. The smallest absolute Gasteiger partial charge is 0.394 e. The SMILES string of the molecule is C=CC[Si]1(C)O[Si](O)(CC=C)O[Si]2(CC=C)O[Si](CO)(CC=C)O[Si](O)(CC=C)O[Si](CC=C)(O1)O2. The maximum absolute atomic E-state index is 11.7. The number of hydrogen-bond acceptors (Lipinski definition) is 10. The van der Waals surface area contributed by atoms with Crippen LogP contribution >= 0.6 is 0 Å². The third kappa shape index (κ3) is 7.47. The van der Waals surface area contributed by atoms with Gasteiger partial charge in [0.1, 0.15) is 0 Å². The standard InChI is InChI=1S/C20H38O10Si6/c1-8-14-31(7)24-33(22,16-10-3)28-36(19-13-6)27-32(20-21,15-9-2)26-34(23,17-11-4)29-35(25-31,30-36)18-12-5/h8-13,21-23H,1-6,14-20H2,7H3. The van der Waals surface area contributed by atoms with Crippen molar-refractivity contribution in [1.29, 1.82) is 0 Å². The first-order chi connectivity index (χ1) is 16.9. The zero-order valence-corrected chi connectivity index (χ0v) is 26.9. The molecule has 0 aliphatic carbocycles. The molecule has 0 radical (unpaired) electrons. The zero-order valence-electron chi connectivity index (χ0n) is 20.9. The van der Waals surface area contributed by atoms with Crippen molar-refractivity contribution in [3.8, 4) is 0 Å². The largest absolute Gasteiger partial charge is 0.485 e. The van der Waals surface area contributed by atoms with Crippen molar-refractivity contribution in [2.45, 2.75) is 42.8 Å². The highest BCUT2D eigenvalue weighted by Gasteiger charge is 2.70. The summed E-state index contributed by atoms with van der Waals surface area (Å²) in [5.41, 5.74) is 0. The van der Waals surface area contributed by atoms with Crippen molar-refractivity contribution in [2.24, 2.45) is 0 Å². The van der Waals surface area contributed by atoms with E-state index in [0.29, 0.717) is 0 Å². The Balaban J connectivity index is 2.86. The molecule has 0 saturated carbocycles. The highest BCUT2D eigenvalue weighted by molar-refractivity contribution is 6.96. The maximum Gasteiger partial charge on any atom is 0.485 e. The summed E-state index contributed by atoms with van der Waals surface area (Å²) in [6, 6.07) is 0.398. The summed E-state index contributed by atoms with van der Waals surface area (Å²) in [7, 11) is -23.3. The van der Waals surface area contributed by atoms with E-state index in [2.05, 4.69) is 39.5 Å². The molecule has 0 aromatic rings. The van der Waals surface area contributed by atoms with Gasteiger partial charge in [0.05, 0.1) is 6.23 Å². The van der Waals surface area contributed by atoms with E-state index in [1.807, 2.05) is 0 Å². The summed E-state index contributed by atoms with van der Waals surface area (Å²) >= 11 is 0. The second-order valence-corrected chi connectivity index (χ2v) is 26.8. The van der Waals surface area contributed by atoms with Crippen LogP contribution in [0.2, 0.25) is 42.8 Å². The fraction of sp³-hybridized carbons (Fsp3) is 0.400. The predicted molar refractivity (Wildman–Crippen MR) is 150 cm³/mol. The van der Waals surface area contributed by atoms with Crippen LogP contribution in [-0.2, 0) is 28.8 Å². The number of allylic oxidation sites excluding steroid dienone is 6. The molecule has 2 bridgehead atoms. The third-order valence-electron chi connectivity index (χ3n) is 5.18. The highest BCUT2D eigenvalue weighted by atomic mass is 28.6. The minimum absolute atomic E-state index is 0.00325. The fourth-order valence-corrected chi connectivity index (χ4v) is 32.9. The van der Waals surface area contributed by atoms with E-state index in [1.165, 1.54) is 24.3 Å². The Morgan fingerprint density at radius 1 is 0.528 bits per heavy atom. The summed E-state index contributed by atoms with van der Waals surface area (Å²) in [5.74, 6) is 0. The molecule has 0 aromatic heterocycles. The molecular formula is C20H38O10Si6. The lowest BCUT2D eigenvalue weighted by Crippen LogP contribution is -2.77. The normalized spacial score (nSPS) is 41.0. The monoisotopic (exact) mass is 606 g/mol. The Labute approximate surface area is 220 Å². The average Bonchev–Trinajstić information content (AvgIpc) is 2.72. The summed E-state index contributed by atoms with van der Waals surface area (Å²) in [4.78, 5) is 23.3. The van der Waals surface area contributed by atoms with Gasteiger partial charge in [0.2, 0.25) is 0 Å². The van der Waals surface area contributed by atoms with Crippen molar-refractivity contribution < 1.29 is 43.5 Å². The van der Waals surface area contributed by atoms with Crippen molar-refractivity contribution in [1.82, 2.24) is 0 Å². The van der Waals surface area contributed by atoms with Gasteiger partial charge in [0, 0.05) is 36.3 Å². The van der Waals surface area contributed by atoms with Gasteiger partial charge in [-0.05, 0) is 6.55 Å². The molecule has 3 N–H and O–H groups in total. The maximum atomic E-state index is 11.7. The molecule has 2 aliphatic heterocycles. The lowest BCUT2D eigenvalue weighted by Gasteiger charge is -2.53. The molecule has 6 unspecified atom stereocenters. The zero-order chi connectivity index (χ0) is 27.1. The van der Waals surface area contributed by atoms with Gasteiger partial charge in [-0.2, -0.15) is 0 Å². The molecule has 6 atom stereocenters. The van der Waals surface area contributed by atoms with Crippen molar-refractivity contribution in [3.05, 3.63) is 75.9 Å². The molecule has 2 heterocycles. The van der Waals surface area contributed by atoms with Crippen LogP contribution in [0.4, 0.5) is 0 Å². The minimum Gasteiger partial charge on any atom is -0.394 e. The van der Waals surface area contributed by atoms with E-state index in [0.717, 1.165) is 0 Å². The second-order valence-electron chi connectivity index (χ2n) is 8.67. The van der Waals surface area contributed by atoms with Crippen molar-refractivity contribution >= 4 is 52.3 Å². The quantitative estimate of drug-likeness (QED) is 0.213. The molecule has 202 valence electrons. The molecule has 16 heteroatoms. The lowest BCUT2D eigenvalue weighted by molar-refractivity contribution is 0.0619. The minimum atomic E-state index is -4.14. The number of aliphatic hydroxyl groups excluding tert-OH is 1. The summed E-state index contributed by atoms with van der Waals surface area (Å²) < 4.78 is 45.2. The first-order valence-electron chi connectivity index (χ1n) is 11.5. The highest BCUT2D eigenvalue weighted by Crippen LogP contribution is 2.43. The van der Waals surface area contributed by atoms with E-state index < -0.39 is 58.6 Å². The molecule has 0 spiro atoms. The first-order valence-corrected chi connectivity index (χ1v) is 24.1. The van der Waals surface area contributed by atoms with Gasteiger partial charge in [-0.25, -0.2) is 0 Å².